The van der Waals surface area contributed by atoms with Crippen LogP contribution in [0.5, 0.6) is 11.5 Å². The molecule has 4 N–H and O–H groups in total. The Labute approximate surface area is 92.9 Å². The highest BCUT2D eigenvalue weighted by molar-refractivity contribution is 5.72. The number of hydrogen-bond donors (Lipinski definition) is 3. The minimum Gasteiger partial charge on any atom is -0.507 e. The van der Waals surface area contributed by atoms with E-state index in [9.17, 15) is 5.11 Å². The normalized spacial score (nSPS) is 10.4. The summed E-state index contributed by atoms with van der Waals surface area (Å²) in [6.07, 6.45) is 0. The lowest BCUT2D eigenvalue weighted by atomic mass is 10.1. The van der Waals surface area contributed by atoms with Gasteiger partial charge in [0.1, 0.15) is 17.3 Å². The van der Waals surface area contributed by atoms with Crippen molar-refractivity contribution >= 4 is 5.82 Å². The molecule has 0 aliphatic carbocycles. The summed E-state index contributed by atoms with van der Waals surface area (Å²) in [5.41, 5.74) is 7.55. The van der Waals surface area contributed by atoms with E-state index < -0.39 is 0 Å². The number of nitrogens with two attached hydrogens (primary N) is 1. The highest BCUT2D eigenvalue weighted by Crippen LogP contribution is 2.35. The van der Waals surface area contributed by atoms with E-state index in [0.717, 1.165) is 5.56 Å². The molecular weight excluding hydrogens is 206 g/mol. The maximum absolute atomic E-state index is 9.94. The smallest absolute Gasteiger partial charge is 0.145 e. The third-order valence-electron chi connectivity index (χ3n) is 2.40. The minimum atomic E-state index is 0.199. The van der Waals surface area contributed by atoms with Gasteiger partial charge in [0, 0.05) is 11.6 Å². The molecule has 0 saturated heterocycles. The lowest BCUT2D eigenvalue weighted by molar-refractivity contribution is 0.412. The molecule has 2 aromatic rings. The number of ether oxygens (including phenoxy) is 1. The fourth-order valence-corrected chi connectivity index (χ4v) is 1.54. The summed E-state index contributed by atoms with van der Waals surface area (Å²) >= 11 is 0. The van der Waals surface area contributed by atoms with Crippen LogP contribution >= 0.6 is 0 Å². The van der Waals surface area contributed by atoms with Gasteiger partial charge in [0.15, 0.2) is 0 Å². The molecule has 0 bridgehead atoms. The molecule has 1 aromatic heterocycles. The van der Waals surface area contributed by atoms with Gasteiger partial charge in [0.05, 0.1) is 12.8 Å². The van der Waals surface area contributed by atoms with Crippen LogP contribution in [0.3, 0.4) is 0 Å². The maximum atomic E-state index is 9.94. The summed E-state index contributed by atoms with van der Waals surface area (Å²) < 4.78 is 5.14. The lowest BCUT2D eigenvalue weighted by Gasteiger charge is -2.08. The number of nitrogens with one attached hydrogen (secondary N) is 1. The third-order valence-corrected chi connectivity index (χ3v) is 2.40. The monoisotopic (exact) mass is 219 g/mol. The van der Waals surface area contributed by atoms with Crippen LogP contribution in [-0.2, 0) is 0 Å². The van der Waals surface area contributed by atoms with Crippen molar-refractivity contribution in [1.29, 1.82) is 0 Å². The zero-order valence-corrected chi connectivity index (χ0v) is 9.11. The number of aromatic hydroxyl groups is 1. The lowest BCUT2D eigenvalue weighted by Crippen LogP contribution is -1.88. The predicted octanol–water partition coefficient (Wildman–Crippen LogP) is 1.68. The number of hydrogen-bond acceptors (Lipinski definition) is 4. The molecule has 0 aliphatic heterocycles. The third kappa shape index (κ3) is 1.67. The molecule has 84 valence electrons. The average molecular weight is 219 g/mol. The molecule has 0 unspecified atom stereocenters. The van der Waals surface area contributed by atoms with Crippen molar-refractivity contribution in [2.45, 2.75) is 6.92 Å². The zero-order chi connectivity index (χ0) is 11.7. The number of nitrogen functional groups attached to an aromatic ring is 1. The van der Waals surface area contributed by atoms with Gasteiger partial charge in [0.25, 0.3) is 0 Å². The quantitative estimate of drug-likeness (QED) is 0.717. The molecular formula is C11H13N3O2. The molecule has 0 spiro atoms. The maximum Gasteiger partial charge on any atom is 0.145 e. The van der Waals surface area contributed by atoms with E-state index in [1.165, 1.54) is 0 Å². The number of methoxy groups -OCH3 is 1. The predicted molar refractivity (Wildman–Crippen MR) is 61.4 cm³/mol. The number of H-pyrrole nitrogens is 1. The van der Waals surface area contributed by atoms with E-state index >= 15 is 0 Å². The first-order valence-electron chi connectivity index (χ1n) is 4.80. The molecule has 5 nitrogen and oxygen atoms in total. The van der Waals surface area contributed by atoms with Gasteiger partial charge in [-0.15, -0.1) is 0 Å². The first kappa shape index (κ1) is 10.4. The molecule has 0 aliphatic rings. The van der Waals surface area contributed by atoms with Crippen LogP contribution in [-0.4, -0.2) is 22.4 Å². The second kappa shape index (κ2) is 3.77. The number of nitrogens with zero attached hydrogens (tertiary/aromatic N) is 1. The molecule has 2 rings (SSSR count). The summed E-state index contributed by atoms with van der Waals surface area (Å²) in [4.78, 5) is 0. The van der Waals surface area contributed by atoms with Gasteiger partial charge < -0.3 is 15.6 Å². The van der Waals surface area contributed by atoms with Crippen LogP contribution in [0.15, 0.2) is 18.2 Å². The van der Waals surface area contributed by atoms with Gasteiger partial charge in [-0.25, -0.2) is 0 Å². The van der Waals surface area contributed by atoms with Gasteiger partial charge in [-0.1, -0.05) is 0 Å². The fourth-order valence-electron chi connectivity index (χ4n) is 1.54. The minimum absolute atomic E-state index is 0.199. The van der Waals surface area contributed by atoms with Crippen LogP contribution < -0.4 is 10.5 Å². The fraction of sp³-hybridized carbons (Fsp3) is 0.182. The van der Waals surface area contributed by atoms with E-state index in [1.807, 2.05) is 0 Å². The molecule has 0 amide bonds. The largest absolute Gasteiger partial charge is 0.507 e. The number of anilines is 1. The van der Waals surface area contributed by atoms with Crippen molar-refractivity contribution in [3.63, 3.8) is 0 Å². The van der Waals surface area contributed by atoms with Gasteiger partial charge in [0.2, 0.25) is 0 Å². The molecule has 0 saturated carbocycles. The number of aryl methyl sites for hydroxylation is 1. The zero-order valence-electron chi connectivity index (χ0n) is 9.11. The number of aromatic amines is 1. The number of benzene rings is 1. The summed E-state index contributed by atoms with van der Waals surface area (Å²) in [6.45, 7) is 1.81. The van der Waals surface area contributed by atoms with Gasteiger partial charge >= 0.3 is 0 Å². The Kier molecular flexibility index (Phi) is 2.44. The van der Waals surface area contributed by atoms with Crippen LogP contribution in [0.2, 0.25) is 0 Å². The Bertz CT molecular complexity index is 520. The Hall–Kier alpha value is -2.17. The summed E-state index contributed by atoms with van der Waals surface area (Å²) in [5, 5.41) is 16.5. The molecule has 16 heavy (non-hydrogen) atoms. The summed E-state index contributed by atoms with van der Waals surface area (Å²) in [5.74, 6) is 1.26. The Morgan fingerprint density at radius 2 is 2.12 bits per heavy atom. The average Bonchev–Trinajstić information content (AvgIpc) is 2.68. The van der Waals surface area contributed by atoms with E-state index in [2.05, 4.69) is 10.2 Å². The van der Waals surface area contributed by atoms with E-state index in [4.69, 9.17) is 10.5 Å². The second-order valence-corrected chi connectivity index (χ2v) is 3.55. The molecule has 1 heterocycles. The van der Waals surface area contributed by atoms with Crippen molar-refractivity contribution in [3.8, 4) is 22.8 Å². The van der Waals surface area contributed by atoms with E-state index in [0.29, 0.717) is 22.8 Å². The van der Waals surface area contributed by atoms with E-state index in [-0.39, 0.29) is 5.75 Å². The van der Waals surface area contributed by atoms with Crippen molar-refractivity contribution in [3.05, 3.63) is 23.8 Å². The second-order valence-electron chi connectivity index (χ2n) is 3.55. The van der Waals surface area contributed by atoms with Crippen molar-refractivity contribution in [1.82, 2.24) is 10.2 Å². The standard InChI is InChI=1S/C11H13N3O2/c1-6-3-7(16-2)4-8(11(6)15)9-5-10(12)14-13-9/h3-5,15H,1-2H3,(H3,12,13,14). The molecule has 0 fully saturated rings. The van der Waals surface area contributed by atoms with E-state index in [1.54, 1.807) is 32.2 Å². The van der Waals surface area contributed by atoms with Crippen molar-refractivity contribution < 1.29 is 9.84 Å². The van der Waals surface area contributed by atoms with Crippen LogP contribution in [0.4, 0.5) is 5.82 Å². The topological polar surface area (TPSA) is 84.2 Å². The first-order chi connectivity index (χ1) is 7.61. The Balaban J connectivity index is 2.59. The number of aromatic nitrogens is 2. The van der Waals surface area contributed by atoms with Crippen LogP contribution in [0, 0.1) is 6.92 Å². The van der Waals surface area contributed by atoms with Gasteiger partial charge in [-0.3, -0.25) is 5.10 Å². The van der Waals surface area contributed by atoms with Crippen LogP contribution in [0.25, 0.3) is 11.3 Å². The Morgan fingerprint density at radius 3 is 2.69 bits per heavy atom. The summed E-state index contributed by atoms with van der Waals surface area (Å²) in [6, 6.07) is 5.15. The molecule has 5 heteroatoms. The number of phenolic OH excluding ortho intramolecular Hbond substituents is 1. The molecule has 0 atom stereocenters. The van der Waals surface area contributed by atoms with Crippen LogP contribution in [0.1, 0.15) is 5.56 Å². The highest BCUT2D eigenvalue weighted by atomic mass is 16.5. The molecule has 1 aromatic carbocycles. The first-order valence-corrected chi connectivity index (χ1v) is 4.80. The number of rotatable bonds is 2. The van der Waals surface area contributed by atoms with Crippen molar-refractivity contribution in [2.24, 2.45) is 0 Å². The highest BCUT2D eigenvalue weighted by Gasteiger charge is 2.11. The SMILES string of the molecule is COc1cc(C)c(O)c(-c2cc(N)n[nH]2)c1. The van der Waals surface area contributed by atoms with Gasteiger partial charge in [-0.2, -0.15) is 5.10 Å². The van der Waals surface area contributed by atoms with Gasteiger partial charge in [-0.05, 0) is 24.6 Å². The number of phenols is 1. The Morgan fingerprint density at radius 1 is 1.38 bits per heavy atom. The summed E-state index contributed by atoms with van der Waals surface area (Å²) in [7, 11) is 1.58. The molecule has 0 radical (unpaired) electrons. The van der Waals surface area contributed by atoms with Crippen molar-refractivity contribution in [2.75, 3.05) is 12.8 Å².